The Balaban J connectivity index is 1.41. The molecule has 0 spiro atoms. The molecule has 1 saturated heterocycles. The quantitative estimate of drug-likeness (QED) is 0.919. The van der Waals surface area contributed by atoms with Crippen molar-refractivity contribution in [1.29, 1.82) is 0 Å². The van der Waals surface area contributed by atoms with Crippen LogP contribution in [0.5, 0.6) is 0 Å². The molecule has 1 atom stereocenters. The van der Waals surface area contributed by atoms with Gasteiger partial charge < -0.3 is 10.2 Å². The van der Waals surface area contributed by atoms with Crippen molar-refractivity contribution >= 4 is 17.5 Å². The topological polar surface area (TPSA) is 79.6 Å². The number of aryl methyl sites for hydroxylation is 1. The Morgan fingerprint density at radius 1 is 1.24 bits per heavy atom. The van der Waals surface area contributed by atoms with Crippen LogP contribution in [0.4, 0.5) is 0 Å². The molecular formula is C18H23N5O2. The van der Waals surface area contributed by atoms with E-state index < -0.39 is 0 Å². The highest BCUT2D eigenvalue weighted by Crippen LogP contribution is 2.27. The number of hydrogen-bond donors (Lipinski definition) is 1. The van der Waals surface area contributed by atoms with Gasteiger partial charge in [-0.1, -0.05) is 12.8 Å². The van der Waals surface area contributed by atoms with Crippen molar-refractivity contribution in [2.45, 2.75) is 45.1 Å². The summed E-state index contributed by atoms with van der Waals surface area (Å²) in [7, 11) is 0. The van der Waals surface area contributed by atoms with E-state index in [2.05, 4.69) is 15.4 Å². The fourth-order valence-corrected chi connectivity index (χ4v) is 3.89. The maximum atomic E-state index is 12.6. The Bertz CT molecular complexity index is 809. The van der Waals surface area contributed by atoms with Crippen molar-refractivity contribution in [3.8, 4) is 0 Å². The van der Waals surface area contributed by atoms with Gasteiger partial charge in [-0.3, -0.25) is 9.59 Å². The molecule has 1 unspecified atom stereocenters. The van der Waals surface area contributed by atoms with Gasteiger partial charge in [-0.25, -0.2) is 9.50 Å². The molecule has 2 fully saturated rings. The van der Waals surface area contributed by atoms with Crippen molar-refractivity contribution < 1.29 is 9.59 Å². The highest BCUT2D eigenvalue weighted by atomic mass is 16.2. The van der Waals surface area contributed by atoms with Gasteiger partial charge in [-0.2, -0.15) is 5.10 Å². The number of fused-ring (bicyclic) bond motifs is 1. The van der Waals surface area contributed by atoms with Gasteiger partial charge in [-0.15, -0.1) is 0 Å². The van der Waals surface area contributed by atoms with E-state index in [9.17, 15) is 9.59 Å². The SMILES string of the molecule is Cc1ccn2ncc(C(=O)NC3CCN(C(=O)C4CCCC4)C3)c2n1. The Morgan fingerprint density at radius 3 is 2.84 bits per heavy atom. The number of carbonyl (C=O) groups is 2. The Hall–Kier alpha value is -2.44. The molecule has 2 aromatic heterocycles. The molecule has 0 radical (unpaired) electrons. The first-order chi connectivity index (χ1) is 12.1. The molecule has 3 heterocycles. The van der Waals surface area contributed by atoms with Gasteiger partial charge in [0.05, 0.1) is 6.20 Å². The zero-order valence-corrected chi connectivity index (χ0v) is 14.4. The van der Waals surface area contributed by atoms with Crippen molar-refractivity contribution in [3.63, 3.8) is 0 Å². The van der Waals surface area contributed by atoms with Gasteiger partial charge in [0.1, 0.15) is 5.56 Å². The fourth-order valence-electron chi connectivity index (χ4n) is 3.89. The highest BCUT2D eigenvalue weighted by Gasteiger charge is 2.33. The molecular weight excluding hydrogens is 318 g/mol. The van der Waals surface area contributed by atoms with Crippen molar-refractivity contribution in [2.24, 2.45) is 5.92 Å². The van der Waals surface area contributed by atoms with Gasteiger partial charge in [0, 0.05) is 36.9 Å². The monoisotopic (exact) mass is 341 g/mol. The van der Waals surface area contributed by atoms with Crippen molar-refractivity contribution in [2.75, 3.05) is 13.1 Å². The van der Waals surface area contributed by atoms with Crippen LogP contribution in [0.25, 0.3) is 5.65 Å². The van der Waals surface area contributed by atoms with Crippen LogP contribution in [0.1, 0.15) is 48.2 Å². The number of likely N-dealkylation sites (tertiary alicyclic amines) is 1. The molecule has 1 aliphatic heterocycles. The van der Waals surface area contributed by atoms with Gasteiger partial charge in [0.2, 0.25) is 5.91 Å². The lowest BCUT2D eigenvalue weighted by Crippen LogP contribution is -2.39. The molecule has 132 valence electrons. The number of aromatic nitrogens is 3. The summed E-state index contributed by atoms with van der Waals surface area (Å²) < 4.78 is 1.60. The third-order valence-corrected chi connectivity index (χ3v) is 5.29. The molecule has 25 heavy (non-hydrogen) atoms. The summed E-state index contributed by atoms with van der Waals surface area (Å²) in [6, 6.07) is 1.85. The van der Waals surface area contributed by atoms with Crippen LogP contribution < -0.4 is 5.32 Å². The maximum absolute atomic E-state index is 12.6. The maximum Gasteiger partial charge on any atom is 0.257 e. The van der Waals surface area contributed by atoms with Crippen LogP contribution >= 0.6 is 0 Å². The van der Waals surface area contributed by atoms with Gasteiger partial charge in [0.25, 0.3) is 5.91 Å². The minimum Gasteiger partial charge on any atom is -0.347 e. The lowest BCUT2D eigenvalue weighted by Gasteiger charge is -2.20. The predicted octanol–water partition coefficient (Wildman–Crippen LogP) is 1.56. The molecule has 0 bridgehead atoms. The molecule has 1 saturated carbocycles. The van der Waals surface area contributed by atoms with E-state index >= 15 is 0 Å². The molecule has 2 aromatic rings. The first-order valence-electron chi connectivity index (χ1n) is 9.02. The Morgan fingerprint density at radius 2 is 2.04 bits per heavy atom. The van der Waals surface area contributed by atoms with Crippen LogP contribution in [-0.2, 0) is 4.79 Å². The van der Waals surface area contributed by atoms with Gasteiger partial charge in [0.15, 0.2) is 5.65 Å². The fraction of sp³-hybridized carbons (Fsp3) is 0.556. The van der Waals surface area contributed by atoms with Gasteiger partial charge >= 0.3 is 0 Å². The first kappa shape index (κ1) is 16.1. The lowest BCUT2D eigenvalue weighted by atomic mass is 10.1. The molecule has 7 heteroatoms. The highest BCUT2D eigenvalue weighted by molar-refractivity contribution is 5.99. The van der Waals surface area contributed by atoms with E-state index in [-0.39, 0.29) is 23.8 Å². The van der Waals surface area contributed by atoms with Crippen molar-refractivity contribution in [3.05, 3.63) is 29.7 Å². The van der Waals surface area contributed by atoms with E-state index in [0.29, 0.717) is 17.8 Å². The smallest absolute Gasteiger partial charge is 0.257 e. The van der Waals surface area contributed by atoms with Gasteiger partial charge in [-0.05, 0) is 32.3 Å². The van der Waals surface area contributed by atoms with Crippen LogP contribution in [-0.4, -0.2) is 50.4 Å². The number of hydrogen-bond acceptors (Lipinski definition) is 4. The molecule has 1 aliphatic carbocycles. The Kier molecular flexibility index (Phi) is 4.15. The summed E-state index contributed by atoms with van der Waals surface area (Å²) >= 11 is 0. The van der Waals surface area contributed by atoms with Crippen LogP contribution in [0, 0.1) is 12.8 Å². The predicted molar refractivity (Wildman–Crippen MR) is 92.1 cm³/mol. The number of amides is 2. The zero-order chi connectivity index (χ0) is 17.4. The lowest BCUT2D eigenvalue weighted by molar-refractivity contribution is -0.134. The van der Waals surface area contributed by atoms with E-state index in [0.717, 1.165) is 44.3 Å². The molecule has 4 rings (SSSR count). The number of nitrogens with one attached hydrogen (secondary N) is 1. The van der Waals surface area contributed by atoms with Crippen LogP contribution in [0.15, 0.2) is 18.5 Å². The van der Waals surface area contributed by atoms with Crippen LogP contribution in [0.2, 0.25) is 0 Å². The largest absolute Gasteiger partial charge is 0.347 e. The Labute approximate surface area is 146 Å². The number of carbonyl (C=O) groups excluding carboxylic acids is 2. The normalized spacial score (nSPS) is 21.2. The molecule has 2 aliphatic rings. The summed E-state index contributed by atoms with van der Waals surface area (Å²) in [6.07, 6.45) is 8.49. The first-order valence-corrected chi connectivity index (χ1v) is 9.02. The minimum absolute atomic E-state index is 0.00221. The second-order valence-corrected chi connectivity index (χ2v) is 7.12. The zero-order valence-electron chi connectivity index (χ0n) is 14.4. The third-order valence-electron chi connectivity index (χ3n) is 5.29. The number of nitrogens with zero attached hydrogens (tertiary/aromatic N) is 4. The average Bonchev–Trinajstić information content (AvgIpc) is 3.34. The molecule has 7 nitrogen and oxygen atoms in total. The summed E-state index contributed by atoms with van der Waals surface area (Å²) in [5.74, 6) is 0.289. The summed E-state index contributed by atoms with van der Waals surface area (Å²) in [4.78, 5) is 31.4. The van der Waals surface area contributed by atoms with E-state index in [1.54, 1.807) is 16.9 Å². The minimum atomic E-state index is -0.173. The molecule has 1 N–H and O–H groups in total. The summed E-state index contributed by atoms with van der Waals surface area (Å²) in [5.41, 5.74) is 1.88. The van der Waals surface area contributed by atoms with Crippen LogP contribution in [0.3, 0.4) is 0 Å². The third kappa shape index (κ3) is 3.10. The number of rotatable bonds is 3. The van der Waals surface area contributed by atoms with E-state index in [1.165, 1.54) is 0 Å². The summed E-state index contributed by atoms with van der Waals surface area (Å²) in [6.45, 7) is 3.22. The molecule has 2 amide bonds. The van der Waals surface area contributed by atoms with E-state index in [4.69, 9.17) is 0 Å². The second-order valence-electron chi connectivity index (χ2n) is 7.12. The van der Waals surface area contributed by atoms with Crippen molar-refractivity contribution in [1.82, 2.24) is 24.8 Å². The van der Waals surface area contributed by atoms with E-state index in [1.807, 2.05) is 17.9 Å². The standard InChI is InChI=1S/C18H23N5O2/c1-12-6-9-23-16(20-12)15(10-19-23)17(24)21-14-7-8-22(11-14)18(25)13-4-2-3-5-13/h6,9-10,13-14H,2-5,7-8,11H2,1H3,(H,21,24). The summed E-state index contributed by atoms with van der Waals surface area (Å²) in [5, 5.41) is 7.22. The average molecular weight is 341 g/mol. The molecule has 0 aromatic carbocycles. The second kappa shape index (κ2) is 6.46.